The smallest absolute Gasteiger partial charge is 0.104 e. The normalized spacial score (nSPS) is 16.3. The fraction of sp³-hybridized carbons (Fsp3) is 0.533. The number of anilines is 1. The van der Waals surface area contributed by atoms with Crippen LogP contribution in [0.5, 0.6) is 0 Å². The highest BCUT2D eigenvalue weighted by molar-refractivity contribution is 9.10. The number of benzene rings is 1. The van der Waals surface area contributed by atoms with E-state index in [-0.39, 0.29) is 0 Å². The van der Waals surface area contributed by atoms with E-state index in [9.17, 15) is 0 Å². The summed E-state index contributed by atoms with van der Waals surface area (Å²) < 4.78 is 1.07. The topological polar surface area (TPSA) is 29.3 Å². The van der Waals surface area contributed by atoms with Gasteiger partial charge in [0.2, 0.25) is 0 Å². The maximum Gasteiger partial charge on any atom is 0.104 e. The second-order valence-corrected chi connectivity index (χ2v) is 6.71. The minimum absolute atomic E-state index is 0.446. The number of hydrogen-bond acceptors (Lipinski definition) is 2. The first-order valence-electron chi connectivity index (χ1n) is 6.88. The molecule has 1 aromatic carbocycles. The summed E-state index contributed by atoms with van der Waals surface area (Å²) in [7, 11) is 2.16. The molecule has 1 aliphatic rings. The van der Waals surface area contributed by atoms with Crippen molar-refractivity contribution in [3.8, 4) is 0 Å². The Kier molecular flexibility index (Phi) is 5.22. The molecule has 0 radical (unpaired) electrons. The molecule has 2 N–H and O–H groups in total. The number of nitrogens with zero attached hydrogens (tertiary/aromatic N) is 1. The van der Waals surface area contributed by atoms with Crippen LogP contribution in [0.4, 0.5) is 5.69 Å². The van der Waals surface area contributed by atoms with Gasteiger partial charge in [0, 0.05) is 23.6 Å². The summed E-state index contributed by atoms with van der Waals surface area (Å²) in [5.74, 6) is 0.834. The first-order valence-corrected chi connectivity index (χ1v) is 8.08. The van der Waals surface area contributed by atoms with Crippen LogP contribution < -0.4 is 10.6 Å². The molecule has 1 fully saturated rings. The zero-order chi connectivity index (χ0) is 13.8. The van der Waals surface area contributed by atoms with Gasteiger partial charge in [-0.15, -0.1) is 0 Å². The highest BCUT2D eigenvalue weighted by Gasteiger charge is 2.16. The highest BCUT2D eigenvalue weighted by atomic mass is 79.9. The lowest BCUT2D eigenvalue weighted by Gasteiger charge is -2.29. The van der Waals surface area contributed by atoms with Crippen molar-refractivity contribution in [1.29, 1.82) is 0 Å². The molecule has 0 saturated heterocycles. The Morgan fingerprint density at radius 3 is 2.63 bits per heavy atom. The molecule has 0 bridgehead atoms. The van der Waals surface area contributed by atoms with Gasteiger partial charge < -0.3 is 10.6 Å². The summed E-state index contributed by atoms with van der Waals surface area (Å²) in [5.41, 5.74) is 7.78. The van der Waals surface area contributed by atoms with Crippen molar-refractivity contribution < 1.29 is 0 Å². The van der Waals surface area contributed by atoms with Gasteiger partial charge in [-0.1, -0.05) is 31.5 Å². The fourth-order valence-electron chi connectivity index (χ4n) is 2.83. The van der Waals surface area contributed by atoms with E-state index in [1.54, 1.807) is 0 Å². The lowest BCUT2D eigenvalue weighted by atomic mass is 9.89. The number of nitrogens with two attached hydrogens (primary N) is 1. The van der Waals surface area contributed by atoms with Crippen LogP contribution in [0.15, 0.2) is 22.7 Å². The van der Waals surface area contributed by atoms with Crippen molar-refractivity contribution in [1.82, 2.24) is 0 Å². The Labute approximate surface area is 129 Å². The zero-order valence-electron chi connectivity index (χ0n) is 11.4. The maximum atomic E-state index is 5.66. The van der Waals surface area contributed by atoms with Crippen LogP contribution in [-0.4, -0.2) is 18.6 Å². The van der Waals surface area contributed by atoms with E-state index in [0.29, 0.717) is 4.99 Å². The Balaban J connectivity index is 2.05. The van der Waals surface area contributed by atoms with Gasteiger partial charge in [0.05, 0.1) is 5.69 Å². The average molecular weight is 341 g/mol. The third kappa shape index (κ3) is 3.93. The molecule has 2 rings (SSSR count). The zero-order valence-corrected chi connectivity index (χ0v) is 13.8. The predicted molar refractivity (Wildman–Crippen MR) is 89.9 cm³/mol. The highest BCUT2D eigenvalue weighted by Crippen LogP contribution is 2.30. The van der Waals surface area contributed by atoms with Gasteiger partial charge in [-0.3, -0.25) is 0 Å². The minimum atomic E-state index is 0.446. The molecular weight excluding hydrogens is 320 g/mol. The van der Waals surface area contributed by atoms with Crippen molar-refractivity contribution in [3.63, 3.8) is 0 Å². The number of halogens is 1. The summed E-state index contributed by atoms with van der Waals surface area (Å²) in [4.78, 5) is 2.78. The third-order valence-corrected chi connectivity index (χ3v) is 4.77. The van der Waals surface area contributed by atoms with Crippen LogP contribution in [-0.2, 0) is 0 Å². The quantitative estimate of drug-likeness (QED) is 0.836. The molecule has 0 aliphatic heterocycles. The van der Waals surface area contributed by atoms with Crippen LogP contribution in [0, 0.1) is 5.92 Å². The summed E-state index contributed by atoms with van der Waals surface area (Å²) >= 11 is 8.63. The van der Waals surface area contributed by atoms with Crippen molar-refractivity contribution in [2.45, 2.75) is 32.1 Å². The second-order valence-electron chi connectivity index (χ2n) is 5.41. The molecule has 0 unspecified atom stereocenters. The lowest BCUT2D eigenvalue weighted by Crippen LogP contribution is -2.27. The first-order chi connectivity index (χ1) is 9.08. The Morgan fingerprint density at radius 2 is 2.05 bits per heavy atom. The number of hydrogen-bond donors (Lipinski definition) is 1. The first kappa shape index (κ1) is 14.8. The van der Waals surface area contributed by atoms with Gasteiger partial charge in [-0.05, 0) is 52.9 Å². The van der Waals surface area contributed by atoms with E-state index in [2.05, 4.69) is 33.9 Å². The molecule has 0 aromatic heterocycles. The van der Waals surface area contributed by atoms with Crippen LogP contribution in [0.25, 0.3) is 0 Å². The Bertz CT molecular complexity index is 455. The summed E-state index contributed by atoms with van der Waals surface area (Å²) in [6, 6.07) is 6.11. The van der Waals surface area contributed by atoms with E-state index in [0.717, 1.165) is 22.5 Å². The van der Waals surface area contributed by atoms with E-state index in [4.69, 9.17) is 18.0 Å². The maximum absolute atomic E-state index is 5.66. The summed E-state index contributed by atoms with van der Waals surface area (Å²) in [6.07, 6.45) is 6.92. The Morgan fingerprint density at radius 1 is 1.37 bits per heavy atom. The van der Waals surface area contributed by atoms with Gasteiger partial charge in [0.1, 0.15) is 4.99 Å². The van der Waals surface area contributed by atoms with E-state index >= 15 is 0 Å². The van der Waals surface area contributed by atoms with Gasteiger partial charge in [0.15, 0.2) is 0 Å². The number of rotatable bonds is 4. The molecule has 0 amide bonds. The summed E-state index contributed by atoms with van der Waals surface area (Å²) in [6.45, 7) is 1.13. The van der Waals surface area contributed by atoms with Crippen LogP contribution in [0.3, 0.4) is 0 Å². The van der Waals surface area contributed by atoms with Gasteiger partial charge in [-0.2, -0.15) is 0 Å². The fourth-order valence-corrected chi connectivity index (χ4v) is 3.63. The lowest BCUT2D eigenvalue weighted by molar-refractivity contribution is 0.362. The molecule has 0 heterocycles. The van der Waals surface area contributed by atoms with Crippen LogP contribution in [0.2, 0.25) is 0 Å². The van der Waals surface area contributed by atoms with Crippen molar-refractivity contribution in [2.24, 2.45) is 11.7 Å². The Hall–Kier alpha value is -0.610. The van der Waals surface area contributed by atoms with Crippen molar-refractivity contribution in [3.05, 3.63) is 28.2 Å². The number of thiocarbonyl (C=S) groups is 1. The molecule has 0 atom stereocenters. The molecule has 0 spiro atoms. The molecule has 19 heavy (non-hydrogen) atoms. The summed E-state index contributed by atoms with van der Waals surface area (Å²) in [5, 5.41) is 0. The van der Waals surface area contributed by atoms with Gasteiger partial charge in [-0.25, -0.2) is 0 Å². The van der Waals surface area contributed by atoms with Gasteiger partial charge in [0.25, 0.3) is 0 Å². The van der Waals surface area contributed by atoms with Crippen molar-refractivity contribution in [2.75, 3.05) is 18.5 Å². The van der Waals surface area contributed by atoms with E-state index in [1.165, 1.54) is 37.8 Å². The van der Waals surface area contributed by atoms with Crippen LogP contribution in [0.1, 0.15) is 37.7 Å². The van der Waals surface area contributed by atoms with Crippen molar-refractivity contribution >= 4 is 38.8 Å². The van der Waals surface area contributed by atoms with E-state index < -0.39 is 0 Å². The van der Waals surface area contributed by atoms with E-state index in [1.807, 2.05) is 12.1 Å². The largest absolute Gasteiger partial charge is 0.389 e. The molecule has 104 valence electrons. The molecule has 1 saturated carbocycles. The third-order valence-electron chi connectivity index (χ3n) is 3.90. The SMILES string of the molecule is CN(CC1CCCCC1)c1ccc(C(N)=S)cc1Br. The molecule has 2 nitrogen and oxygen atoms in total. The average Bonchev–Trinajstić information content (AvgIpc) is 2.39. The minimum Gasteiger partial charge on any atom is -0.389 e. The molecule has 4 heteroatoms. The standard InChI is InChI=1S/C15H21BrN2S/c1-18(10-11-5-3-2-4-6-11)14-8-7-12(15(17)19)9-13(14)16/h7-9,11H,2-6,10H2,1H3,(H2,17,19). The molecular formula is C15H21BrN2S. The second kappa shape index (κ2) is 6.71. The predicted octanol–water partition coefficient (Wildman–Crippen LogP) is 4.10. The van der Waals surface area contributed by atoms with Crippen LogP contribution >= 0.6 is 28.1 Å². The monoisotopic (exact) mass is 340 g/mol. The molecule has 1 aromatic rings. The van der Waals surface area contributed by atoms with Gasteiger partial charge >= 0.3 is 0 Å². The molecule has 1 aliphatic carbocycles.